The maximum atomic E-state index is 4.34. The van der Waals surface area contributed by atoms with Crippen LogP contribution in [0.5, 0.6) is 0 Å². The van der Waals surface area contributed by atoms with Crippen LogP contribution in [-0.2, 0) is 0 Å². The van der Waals surface area contributed by atoms with Gasteiger partial charge >= 0.3 is 0 Å². The van der Waals surface area contributed by atoms with Gasteiger partial charge in [-0.2, -0.15) is 5.10 Å². The Morgan fingerprint density at radius 1 is 1.43 bits per heavy atom. The number of nitrogens with zero attached hydrogens (tertiary/aromatic N) is 2. The van der Waals surface area contributed by atoms with Gasteiger partial charge in [-0.05, 0) is 11.6 Å². The molecule has 14 heavy (non-hydrogen) atoms. The minimum Gasteiger partial charge on any atom is -0.262 e. The number of fused-ring (bicyclic) bond motifs is 1. The van der Waals surface area contributed by atoms with Gasteiger partial charge in [0, 0.05) is 5.22 Å². The highest BCUT2D eigenvalue weighted by molar-refractivity contribution is 5.49. The molecule has 1 aromatic rings. The highest BCUT2D eigenvalue weighted by atomic mass is 15.1. The third-order valence-electron chi connectivity index (χ3n) is 1.97. The molecule has 1 N–H and O–H groups in total. The van der Waals surface area contributed by atoms with Gasteiger partial charge in [0.15, 0.2) is 5.49 Å². The molecule has 2 rings (SSSR count). The molecule has 0 unspecified atom stereocenters. The number of aromatic nitrogens is 2. The number of H-pyrrole nitrogens is 1. The summed E-state index contributed by atoms with van der Waals surface area (Å²) in [5, 5.41) is 7.81. The fourth-order valence-corrected chi connectivity index (χ4v) is 1.30. The molecular weight excluding hydrogens is 174 g/mol. The van der Waals surface area contributed by atoms with Gasteiger partial charge in [0.25, 0.3) is 0 Å². The van der Waals surface area contributed by atoms with Gasteiger partial charge in [-0.1, -0.05) is 30.9 Å². The summed E-state index contributed by atoms with van der Waals surface area (Å²) in [6, 6.07) is 0. The molecule has 0 radical (unpaired) electrons. The van der Waals surface area contributed by atoms with E-state index in [0.717, 1.165) is 10.7 Å². The van der Waals surface area contributed by atoms with Gasteiger partial charge in [0.2, 0.25) is 0 Å². The van der Waals surface area contributed by atoms with E-state index in [1.807, 2.05) is 18.2 Å². The van der Waals surface area contributed by atoms with Crippen LogP contribution >= 0.6 is 0 Å². The fourth-order valence-electron chi connectivity index (χ4n) is 1.30. The zero-order valence-corrected chi connectivity index (χ0v) is 7.77. The van der Waals surface area contributed by atoms with Crippen molar-refractivity contribution in [2.45, 2.75) is 0 Å². The first kappa shape index (κ1) is 8.69. The third-order valence-corrected chi connectivity index (χ3v) is 1.97. The van der Waals surface area contributed by atoms with Crippen LogP contribution in [0.4, 0.5) is 0 Å². The van der Waals surface area contributed by atoms with E-state index >= 15 is 0 Å². The Labute approximate surface area is 81.9 Å². The first-order chi connectivity index (χ1) is 6.90. The smallest absolute Gasteiger partial charge is 0.150 e. The van der Waals surface area contributed by atoms with Crippen LogP contribution in [0.1, 0.15) is 0 Å². The van der Waals surface area contributed by atoms with Crippen molar-refractivity contribution < 1.29 is 0 Å². The molecule has 0 aromatic carbocycles. The molecule has 0 fully saturated rings. The lowest BCUT2D eigenvalue weighted by Crippen LogP contribution is -2.26. The molecule has 0 aliphatic carbocycles. The molecule has 1 aromatic heterocycles. The maximum absolute atomic E-state index is 4.34. The minimum absolute atomic E-state index is 0.705. The monoisotopic (exact) mass is 185 g/mol. The Balaban J connectivity index is 2.33. The van der Waals surface area contributed by atoms with E-state index in [0.29, 0.717) is 6.54 Å². The summed E-state index contributed by atoms with van der Waals surface area (Å²) in [4.78, 5) is 4.34. The molecule has 0 saturated heterocycles. The summed E-state index contributed by atoms with van der Waals surface area (Å²) in [5.41, 5.74) is 2.05. The quantitative estimate of drug-likeness (QED) is 0.669. The number of hydrogen-bond acceptors (Lipinski definition) is 2. The molecule has 1 aliphatic rings. The Morgan fingerprint density at radius 2 is 2.36 bits per heavy atom. The van der Waals surface area contributed by atoms with E-state index in [4.69, 9.17) is 0 Å². The molecule has 3 heteroatoms. The average Bonchev–Trinajstić information content (AvgIpc) is 2.65. The van der Waals surface area contributed by atoms with E-state index in [-0.39, 0.29) is 0 Å². The van der Waals surface area contributed by atoms with Gasteiger partial charge in [-0.15, -0.1) is 0 Å². The lowest BCUT2D eigenvalue weighted by atomic mass is 10.2. The summed E-state index contributed by atoms with van der Waals surface area (Å²) < 4.78 is 0. The first-order valence-electron chi connectivity index (χ1n) is 4.44. The highest BCUT2D eigenvalue weighted by Crippen LogP contribution is 1.99. The molecular formula is C11H11N3. The van der Waals surface area contributed by atoms with E-state index in [1.54, 1.807) is 12.3 Å². The number of aromatic amines is 1. The van der Waals surface area contributed by atoms with Crippen molar-refractivity contribution in [2.75, 3.05) is 6.54 Å². The molecule has 0 amide bonds. The van der Waals surface area contributed by atoms with Crippen LogP contribution in [0, 0.1) is 0 Å². The van der Waals surface area contributed by atoms with Gasteiger partial charge in [-0.3, -0.25) is 10.1 Å². The van der Waals surface area contributed by atoms with E-state index in [1.165, 1.54) is 5.57 Å². The van der Waals surface area contributed by atoms with Crippen LogP contribution in [0.2, 0.25) is 0 Å². The van der Waals surface area contributed by atoms with Crippen LogP contribution in [0.3, 0.4) is 0 Å². The van der Waals surface area contributed by atoms with E-state index < -0.39 is 0 Å². The fraction of sp³-hybridized carbons (Fsp3) is 0.0909. The zero-order valence-electron chi connectivity index (χ0n) is 7.77. The van der Waals surface area contributed by atoms with Crippen molar-refractivity contribution in [1.82, 2.24) is 10.2 Å². The largest absolute Gasteiger partial charge is 0.262 e. The molecule has 70 valence electrons. The molecule has 1 aliphatic heterocycles. The van der Waals surface area contributed by atoms with E-state index in [2.05, 4.69) is 27.8 Å². The normalized spacial score (nSPS) is 17.6. The Bertz CT molecular complexity index is 503. The number of nitrogens with one attached hydrogen (secondary N) is 1. The number of hydrogen-bond donors (Lipinski definition) is 1. The van der Waals surface area contributed by atoms with Crippen molar-refractivity contribution in [3.63, 3.8) is 0 Å². The van der Waals surface area contributed by atoms with Gasteiger partial charge in [-0.25, -0.2) is 0 Å². The van der Waals surface area contributed by atoms with Crippen LogP contribution < -0.4 is 10.7 Å². The summed E-state index contributed by atoms with van der Waals surface area (Å²) >= 11 is 0. The molecule has 2 heterocycles. The van der Waals surface area contributed by atoms with Gasteiger partial charge in [0.05, 0.1) is 12.7 Å². The molecule has 3 nitrogen and oxygen atoms in total. The first-order valence-corrected chi connectivity index (χ1v) is 4.44. The molecule has 0 bridgehead atoms. The lowest BCUT2D eigenvalue weighted by molar-refractivity contribution is 0.969. The predicted octanol–water partition coefficient (Wildman–Crippen LogP) is 0.492. The Morgan fingerprint density at radius 3 is 3.21 bits per heavy atom. The van der Waals surface area contributed by atoms with Crippen molar-refractivity contribution in [3.8, 4) is 0 Å². The van der Waals surface area contributed by atoms with Crippen LogP contribution in [0.25, 0.3) is 6.08 Å². The standard InChI is InChI=1S/C11H11N3/c1-2-3-4-5-9-6-10-8-13-14-11(10)12-7-9/h2-6,8H,1,7H2,(H,12,14). The zero-order chi connectivity index (χ0) is 9.80. The summed E-state index contributed by atoms with van der Waals surface area (Å²) in [6.07, 6.45) is 11.5. The average molecular weight is 185 g/mol. The minimum atomic E-state index is 0.705. The second-order valence-electron chi connectivity index (χ2n) is 3.00. The lowest BCUT2D eigenvalue weighted by Gasteiger charge is -1.98. The Hall–Kier alpha value is -1.90. The summed E-state index contributed by atoms with van der Waals surface area (Å²) in [7, 11) is 0. The predicted molar refractivity (Wildman–Crippen MR) is 56.1 cm³/mol. The molecule has 0 atom stereocenters. The van der Waals surface area contributed by atoms with Crippen molar-refractivity contribution in [1.29, 1.82) is 0 Å². The van der Waals surface area contributed by atoms with Gasteiger partial charge in [0.1, 0.15) is 0 Å². The molecule has 0 spiro atoms. The number of rotatable bonds is 2. The maximum Gasteiger partial charge on any atom is 0.150 e. The SMILES string of the molecule is C=CC=CC=C1C=c2cn[nH]c2=NC1. The third kappa shape index (κ3) is 1.71. The summed E-state index contributed by atoms with van der Waals surface area (Å²) in [5.74, 6) is 0. The number of allylic oxidation sites excluding steroid dienone is 4. The second-order valence-corrected chi connectivity index (χ2v) is 3.00. The second kappa shape index (κ2) is 3.87. The highest BCUT2D eigenvalue weighted by Gasteiger charge is 1.98. The van der Waals surface area contributed by atoms with Crippen LogP contribution in [0.15, 0.2) is 47.6 Å². The molecule has 0 saturated carbocycles. The van der Waals surface area contributed by atoms with Crippen molar-refractivity contribution in [3.05, 3.63) is 53.4 Å². The topological polar surface area (TPSA) is 41.0 Å². The summed E-state index contributed by atoms with van der Waals surface area (Å²) in [6.45, 7) is 4.31. The van der Waals surface area contributed by atoms with Crippen molar-refractivity contribution in [2.24, 2.45) is 4.99 Å². The van der Waals surface area contributed by atoms with E-state index in [9.17, 15) is 0 Å². The van der Waals surface area contributed by atoms with Gasteiger partial charge < -0.3 is 0 Å². The van der Waals surface area contributed by atoms with Crippen LogP contribution in [-0.4, -0.2) is 16.7 Å². The Kier molecular flexibility index (Phi) is 2.40. The van der Waals surface area contributed by atoms with Crippen molar-refractivity contribution >= 4 is 6.08 Å².